The highest BCUT2D eigenvalue weighted by atomic mass is 16.6. The van der Waals surface area contributed by atoms with E-state index in [2.05, 4.69) is 15.3 Å². The molecule has 21 heavy (non-hydrogen) atoms. The molecule has 0 saturated carbocycles. The van der Waals surface area contributed by atoms with E-state index in [9.17, 15) is 20.1 Å². The van der Waals surface area contributed by atoms with Gasteiger partial charge in [0.15, 0.2) is 6.23 Å². The zero-order chi connectivity index (χ0) is 15.6. The second-order valence-electron chi connectivity index (χ2n) is 4.53. The molecule has 1 aliphatic rings. The van der Waals surface area contributed by atoms with Crippen LogP contribution in [-0.2, 0) is 4.74 Å². The molecule has 1 aliphatic heterocycles. The molecule has 1 fully saturated rings. The Morgan fingerprint density at radius 3 is 2.71 bits per heavy atom. The Balaban J connectivity index is 2.18. The quantitative estimate of drug-likeness (QED) is 0.341. The summed E-state index contributed by atoms with van der Waals surface area (Å²) in [6, 6.07) is 1.05. The van der Waals surface area contributed by atoms with E-state index in [1.54, 1.807) is 0 Å². The van der Waals surface area contributed by atoms with Crippen LogP contribution < -0.4 is 15.6 Å². The molecule has 2 heterocycles. The lowest BCUT2D eigenvalue weighted by atomic mass is 9.98. The van der Waals surface area contributed by atoms with Crippen molar-refractivity contribution in [2.45, 2.75) is 30.6 Å². The van der Waals surface area contributed by atoms with Gasteiger partial charge >= 0.3 is 0 Å². The smallest absolute Gasteiger partial charge is 0.298 e. The molecule has 0 spiro atoms. The lowest BCUT2D eigenvalue weighted by Gasteiger charge is -2.40. The molecule has 0 aliphatic carbocycles. The number of nitrogens with one attached hydrogen (secondary N) is 2. The van der Waals surface area contributed by atoms with Crippen molar-refractivity contribution in [2.24, 2.45) is 0 Å². The first-order valence-electron chi connectivity index (χ1n) is 6.18. The van der Waals surface area contributed by atoms with E-state index in [1.165, 1.54) is 7.11 Å². The van der Waals surface area contributed by atoms with Gasteiger partial charge in [-0.2, -0.15) is 4.98 Å². The predicted octanol–water partition coefficient (Wildman–Crippen LogP) is -3.01. The zero-order valence-corrected chi connectivity index (χ0v) is 11.1. The minimum absolute atomic E-state index is 0.0416. The number of H-pyrrole nitrogens is 1. The molecule has 6 N–H and O–H groups in total. The van der Waals surface area contributed by atoms with Gasteiger partial charge in [-0.25, -0.2) is 0 Å². The molecular weight excluding hydrogens is 286 g/mol. The third-order valence-electron chi connectivity index (χ3n) is 3.10. The second kappa shape index (κ2) is 6.37. The van der Waals surface area contributed by atoms with Crippen LogP contribution in [0.3, 0.4) is 0 Å². The monoisotopic (exact) mass is 303 g/mol. The van der Waals surface area contributed by atoms with Gasteiger partial charge < -0.3 is 35.2 Å². The molecule has 0 amide bonds. The first kappa shape index (κ1) is 15.7. The molecule has 0 unspecified atom stereocenters. The van der Waals surface area contributed by atoms with Crippen molar-refractivity contribution in [1.29, 1.82) is 0 Å². The van der Waals surface area contributed by atoms with Crippen molar-refractivity contribution in [3.63, 3.8) is 0 Å². The molecule has 1 aromatic heterocycles. The standard InChI is InChI=1S/C11H17N3O7/c1-20-11-13-5(2-6(16)14-11)12-10-9(19)8(18)7(17)4(3-15)21-10/h2,4,7-10,15,17-19H,3H2,1H3,(H2,12,13,14,16)/t4-,7+,8+,9-,10+/m0/s1. The first-order chi connectivity index (χ1) is 9.96. The maximum Gasteiger partial charge on any atom is 0.298 e. The van der Waals surface area contributed by atoms with Crippen molar-refractivity contribution in [1.82, 2.24) is 9.97 Å². The molecule has 0 radical (unpaired) electrons. The molecular formula is C11H17N3O7. The van der Waals surface area contributed by atoms with Crippen LogP contribution in [-0.4, -0.2) is 74.8 Å². The Morgan fingerprint density at radius 2 is 2.10 bits per heavy atom. The first-order valence-corrected chi connectivity index (χ1v) is 6.18. The molecule has 118 valence electrons. The molecule has 5 atom stereocenters. The Morgan fingerprint density at radius 1 is 1.38 bits per heavy atom. The molecule has 2 rings (SSSR count). The van der Waals surface area contributed by atoms with Gasteiger partial charge in [-0.1, -0.05) is 0 Å². The molecule has 0 bridgehead atoms. The summed E-state index contributed by atoms with van der Waals surface area (Å²) in [6.07, 6.45) is -6.67. The largest absolute Gasteiger partial charge is 0.468 e. The van der Waals surface area contributed by atoms with Gasteiger partial charge in [0.2, 0.25) is 0 Å². The Hall–Kier alpha value is -1.72. The highest BCUT2D eigenvalue weighted by Gasteiger charge is 2.43. The number of ether oxygens (including phenoxy) is 2. The molecule has 10 heteroatoms. The Kier molecular flexibility index (Phi) is 4.75. The number of hydrogen-bond donors (Lipinski definition) is 6. The van der Waals surface area contributed by atoms with Crippen molar-refractivity contribution in [3.8, 4) is 6.01 Å². The van der Waals surface area contributed by atoms with Crippen LogP contribution in [0.4, 0.5) is 5.82 Å². The summed E-state index contributed by atoms with van der Waals surface area (Å²) in [5.41, 5.74) is -0.492. The highest BCUT2D eigenvalue weighted by Crippen LogP contribution is 2.22. The summed E-state index contributed by atoms with van der Waals surface area (Å²) >= 11 is 0. The lowest BCUT2D eigenvalue weighted by Crippen LogP contribution is -2.60. The van der Waals surface area contributed by atoms with E-state index >= 15 is 0 Å². The van der Waals surface area contributed by atoms with Crippen LogP contribution in [0.15, 0.2) is 10.9 Å². The SMILES string of the molecule is COc1nc(N[C@@H]2O[C@@H](CO)[C@@H](O)[C@@H](O)[C@@H]2O)cc(=O)[nH]1. The number of aromatic nitrogens is 2. The highest BCUT2D eigenvalue weighted by molar-refractivity contribution is 5.35. The van der Waals surface area contributed by atoms with Crippen LogP contribution in [0.25, 0.3) is 0 Å². The predicted molar refractivity (Wildman–Crippen MR) is 68.8 cm³/mol. The third kappa shape index (κ3) is 3.31. The molecule has 1 aromatic rings. The van der Waals surface area contributed by atoms with Crippen LogP contribution in [0, 0.1) is 0 Å². The van der Waals surface area contributed by atoms with Crippen molar-refractivity contribution in [2.75, 3.05) is 19.0 Å². The zero-order valence-electron chi connectivity index (χ0n) is 11.1. The van der Waals surface area contributed by atoms with Crippen LogP contribution in [0.5, 0.6) is 6.01 Å². The number of rotatable bonds is 4. The Bertz CT molecular complexity index is 535. The molecule has 1 saturated heterocycles. The number of aliphatic hydroxyl groups is 4. The second-order valence-corrected chi connectivity index (χ2v) is 4.53. The summed E-state index contributed by atoms with van der Waals surface area (Å²) in [6.45, 7) is -0.546. The van der Waals surface area contributed by atoms with Crippen LogP contribution in [0.1, 0.15) is 0 Å². The summed E-state index contributed by atoms with van der Waals surface area (Å²) in [5, 5.41) is 40.8. The van der Waals surface area contributed by atoms with E-state index < -0.39 is 42.8 Å². The summed E-state index contributed by atoms with van der Waals surface area (Å²) in [4.78, 5) is 17.6. The summed E-state index contributed by atoms with van der Waals surface area (Å²) in [5.74, 6) is 0.0416. The summed E-state index contributed by atoms with van der Waals surface area (Å²) < 4.78 is 10.0. The maximum atomic E-state index is 11.4. The molecule has 0 aromatic carbocycles. The lowest BCUT2D eigenvalue weighted by molar-refractivity contribution is -0.221. The van der Waals surface area contributed by atoms with E-state index in [-0.39, 0.29) is 11.8 Å². The average Bonchev–Trinajstić information content (AvgIpc) is 2.47. The van der Waals surface area contributed by atoms with Crippen molar-refractivity contribution in [3.05, 3.63) is 16.4 Å². The number of hydrogen-bond acceptors (Lipinski definition) is 9. The van der Waals surface area contributed by atoms with Crippen LogP contribution >= 0.6 is 0 Å². The summed E-state index contributed by atoms with van der Waals surface area (Å²) in [7, 11) is 1.32. The van der Waals surface area contributed by atoms with E-state index in [0.717, 1.165) is 6.07 Å². The maximum absolute atomic E-state index is 11.4. The Labute approximate surface area is 119 Å². The number of nitrogens with zero attached hydrogens (tertiary/aromatic N) is 1. The van der Waals surface area contributed by atoms with Gasteiger partial charge in [0.1, 0.15) is 30.2 Å². The fourth-order valence-electron chi connectivity index (χ4n) is 1.97. The van der Waals surface area contributed by atoms with Crippen molar-refractivity contribution < 1.29 is 29.9 Å². The van der Waals surface area contributed by atoms with Gasteiger partial charge in [-0.15, -0.1) is 0 Å². The minimum Gasteiger partial charge on any atom is -0.468 e. The normalized spacial score (nSPS) is 32.7. The van der Waals surface area contributed by atoms with Gasteiger partial charge in [0.25, 0.3) is 11.6 Å². The number of aromatic amines is 1. The van der Waals surface area contributed by atoms with Crippen LogP contribution in [0.2, 0.25) is 0 Å². The molecule has 10 nitrogen and oxygen atoms in total. The fourth-order valence-corrected chi connectivity index (χ4v) is 1.97. The third-order valence-corrected chi connectivity index (χ3v) is 3.10. The van der Waals surface area contributed by atoms with Gasteiger partial charge in [-0.05, 0) is 0 Å². The number of aliphatic hydroxyl groups excluding tert-OH is 4. The van der Waals surface area contributed by atoms with Gasteiger partial charge in [-0.3, -0.25) is 9.78 Å². The fraction of sp³-hybridized carbons (Fsp3) is 0.636. The average molecular weight is 303 g/mol. The van der Waals surface area contributed by atoms with E-state index in [1.807, 2.05) is 0 Å². The minimum atomic E-state index is -1.52. The van der Waals surface area contributed by atoms with Crippen molar-refractivity contribution >= 4 is 5.82 Å². The van der Waals surface area contributed by atoms with Gasteiger partial charge in [0, 0.05) is 6.07 Å². The van der Waals surface area contributed by atoms with Gasteiger partial charge in [0.05, 0.1) is 13.7 Å². The number of methoxy groups -OCH3 is 1. The number of anilines is 1. The van der Waals surface area contributed by atoms with E-state index in [0.29, 0.717) is 0 Å². The topological polar surface area (TPSA) is 157 Å². The van der Waals surface area contributed by atoms with E-state index in [4.69, 9.17) is 14.6 Å².